The van der Waals surface area contributed by atoms with Gasteiger partial charge >= 0.3 is 0 Å². The van der Waals surface area contributed by atoms with Crippen molar-refractivity contribution in [3.63, 3.8) is 0 Å². The molecule has 134 valence electrons. The van der Waals surface area contributed by atoms with Crippen LogP contribution in [0.3, 0.4) is 0 Å². The fourth-order valence-electron chi connectivity index (χ4n) is 2.31. The molecule has 1 amide bonds. The number of nitrogens with one attached hydrogen (secondary N) is 3. The van der Waals surface area contributed by atoms with Gasteiger partial charge in [0.1, 0.15) is 16.3 Å². The van der Waals surface area contributed by atoms with Gasteiger partial charge in [-0.15, -0.1) is 0 Å². The molecule has 0 heterocycles. The molecule has 1 aromatic carbocycles. The largest absolute Gasteiger partial charge is 0.497 e. The van der Waals surface area contributed by atoms with Crippen LogP contribution in [0.2, 0.25) is 0 Å². The van der Waals surface area contributed by atoms with Crippen LogP contribution in [0, 0.1) is 0 Å². The Morgan fingerprint density at radius 3 is 2.38 bits per heavy atom. The number of ether oxygens (including phenoxy) is 1. The van der Waals surface area contributed by atoms with Crippen molar-refractivity contribution >= 4 is 34.4 Å². The number of amides is 1. The molecule has 1 rings (SSSR count). The summed E-state index contributed by atoms with van der Waals surface area (Å²) >= 11 is 2.97. The third-order valence-corrected chi connectivity index (χ3v) is 4.41. The molecule has 2 atom stereocenters. The highest BCUT2D eigenvalue weighted by Crippen LogP contribution is 2.29. The van der Waals surface area contributed by atoms with Gasteiger partial charge in [0, 0.05) is 13.1 Å². The highest BCUT2D eigenvalue weighted by atomic mass is 32.2. The molecule has 0 radical (unpaired) electrons. The number of benzene rings is 1. The van der Waals surface area contributed by atoms with Crippen LogP contribution < -0.4 is 20.1 Å². The topological polar surface area (TPSA) is 99.7 Å². The maximum absolute atomic E-state index is 12.3. The van der Waals surface area contributed by atoms with Crippen molar-refractivity contribution in [3.05, 3.63) is 29.8 Å². The van der Waals surface area contributed by atoms with E-state index in [0.29, 0.717) is 11.3 Å². The highest BCUT2D eigenvalue weighted by molar-refractivity contribution is 7.80. The third-order valence-electron chi connectivity index (χ3n) is 3.33. The molecule has 1 aromatic rings. The van der Waals surface area contributed by atoms with Crippen LogP contribution in [-0.4, -0.2) is 39.9 Å². The Hall–Kier alpha value is -1.55. The van der Waals surface area contributed by atoms with Crippen molar-refractivity contribution in [1.82, 2.24) is 15.4 Å². The van der Waals surface area contributed by atoms with E-state index in [1.54, 1.807) is 31.3 Å². The van der Waals surface area contributed by atoms with E-state index in [-0.39, 0.29) is 23.4 Å². The number of hydrogen-bond donors (Lipinski definition) is 4. The van der Waals surface area contributed by atoms with E-state index >= 15 is 0 Å². The van der Waals surface area contributed by atoms with Crippen LogP contribution in [0.4, 0.5) is 0 Å². The first-order valence-electron chi connectivity index (χ1n) is 7.30. The van der Waals surface area contributed by atoms with E-state index in [1.807, 2.05) is 13.8 Å². The molecule has 0 aromatic heterocycles. The van der Waals surface area contributed by atoms with Crippen LogP contribution in [-0.2, 0) is 21.6 Å². The zero-order valence-corrected chi connectivity index (χ0v) is 15.7. The lowest BCUT2D eigenvalue weighted by molar-refractivity contribution is -0.122. The first kappa shape index (κ1) is 20.5. The lowest BCUT2D eigenvalue weighted by Crippen LogP contribution is -2.55. The van der Waals surface area contributed by atoms with Crippen LogP contribution in [0.15, 0.2) is 24.3 Å². The van der Waals surface area contributed by atoms with Gasteiger partial charge in [0.15, 0.2) is 0 Å². The molecular weight excluding hydrogens is 350 g/mol. The summed E-state index contributed by atoms with van der Waals surface area (Å²) in [5, 5.41) is 5.58. The molecule has 0 spiro atoms. The Labute approximate surface area is 150 Å². The maximum Gasteiger partial charge on any atom is 0.232 e. The summed E-state index contributed by atoms with van der Waals surface area (Å²) in [6.07, 6.45) is -0.135. The molecule has 0 saturated carbocycles. The zero-order valence-electron chi connectivity index (χ0n) is 14.1. The smallest absolute Gasteiger partial charge is 0.232 e. The van der Waals surface area contributed by atoms with Gasteiger partial charge in [0.2, 0.25) is 17.2 Å². The molecular formula is C15H23N3O4S2. The lowest BCUT2D eigenvalue weighted by Gasteiger charge is -2.34. The Balaban J connectivity index is 3.35. The highest BCUT2D eigenvalue weighted by Gasteiger charge is 2.40. The van der Waals surface area contributed by atoms with E-state index in [1.165, 1.54) is 7.11 Å². The second-order valence-corrected chi connectivity index (χ2v) is 6.57. The Kier molecular flexibility index (Phi) is 7.74. The van der Waals surface area contributed by atoms with E-state index in [9.17, 15) is 13.6 Å². The molecule has 0 saturated heterocycles. The molecule has 7 nitrogen and oxygen atoms in total. The number of likely N-dealkylation sites (N-methyl/N-ethyl adjacent to an activating group) is 1. The van der Waals surface area contributed by atoms with Gasteiger partial charge in [-0.25, -0.2) is 4.21 Å². The average molecular weight is 374 g/mol. The molecule has 0 aliphatic heterocycles. The number of hydrogen-bond acceptors (Lipinski definition) is 4. The first-order valence-corrected chi connectivity index (χ1v) is 8.81. The minimum Gasteiger partial charge on any atom is -0.497 e. The molecule has 0 bridgehead atoms. The quantitative estimate of drug-likeness (QED) is 0.402. The number of carbonyl (C=O) groups excluding carboxylic acids is 1. The van der Waals surface area contributed by atoms with Crippen molar-refractivity contribution in [2.24, 2.45) is 0 Å². The molecule has 0 aliphatic carbocycles. The predicted molar refractivity (Wildman–Crippen MR) is 98.1 cm³/mol. The summed E-state index contributed by atoms with van der Waals surface area (Å²) in [4.78, 5) is 12.6. The van der Waals surface area contributed by atoms with Gasteiger partial charge in [-0.1, -0.05) is 24.4 Å². The summed E-state index contributed by atoms with van der Waals surface area (Å²) in [6, 6.07) is 6.74. The fraction of sp³-hybridized carbons (Fsp3) is 0.467. The third kappa shape index (κ3) is 5.23. The number of methoxy groups -OCH3 is 1. The minimum absolute atomic E-state index is 0.0613. The predicted octanol–water partition coefficient (Wildman–Crippen LogP) is 1.08. The van der Waals surface area contributed by atoms with Gasteiger partial charge in [0.05, 0.1) is 13.5 Å². The second kappa shape index (κ2) is 9.07. The Morgan fingerprint density at radius 2 is 1.96 bits per heavy atom. The van der Waals surface area contributed by atoms with Crippen LogP contribution in [0.5, 0.6) is 5.75 Å². The summed E-state index contributed by atoms with van der Waals surface area (Å²) in [5.74, 6) is 0.330. The number of carbonyl (C=O) groups is 1. The van der Waals surface area contributed by atoms with Crippen LogP contribution >= 0.6 is 12.2 Å². The molecule has 0 fully saturated rings. The summed E-state index contributed by atoms with van der Waals surface area (Å²) in [5.41, 5.74) is -0.751. The Bertz CT molecular complexity index is 607. The van der Waals surface area contributed by atoms with E-state index in [0.717, 1.165) is 0 Å². The van der Waals surface area contributed by atoms with Gasteiger partial charge in [0.25, 0.3) is 0 Å². The Morgan fingerprint density at radius 1 is 1.38 bits per heavy atom. The van der Waals surface area contributed by atoms with E-state index in [2.05, 4.69) is 15.4 Å². The standard InChI is InChI=1S/C15H23N3O4S2/c1-10(2)17-13(19)9-15(14(23)16-3,18-24(20)21)11-5-7-12(22-4)8-6-11/h5-8,10,18H,9H2,1-4H3,(H,16,23)(H,17,19)(H,20,21). The van der Waals surface area contributed by atoms with Gasteiger partial charge in [-0.2, -0.15) is 4.72 Å². The average Bonchev–Trinajstić information content (AvgIpc) is 2.52. The summed E-state index contributed by atoms with van der Waals surface area (Å²) < 4.78 is 28.5. The first-order chi connectivity index (χ1) is 11.2. The molecule has 2 unspecified atom stereocenters. The van der Waals surface area contributed by atoms with Crippen molar-refractivity contribution < 1.29 is 18.3 Å². The van der Waals surface area contributed by atoms with Crippen molar-refractivity contribution in [1.29, 1.82) is 0 Å². The summed E-state index contributed by atoms with van der Waals surface area (Å²) in [7, 11) is 3.14. The van der Waals surface area contributed by atoms with Crippen molar-refractivity contribution in [2.45, 2.75) is 31.8 Å². The van der Waals surface area contributed by atoms with Gasteiger partial charge in [-0.05, 0) is 31.5 Å². The number of rotatable bonds is 8. The fourth-order valence-corrected chi connectivity index (χ4v) is 3.20. The maximum atomic E-state index is 12.3. The molecule has 4 N–H and O–H groups in total. The lowest BCUT2D eigenvalue weighted by atomic mass is 9.86. The monoisotopic (exact) mass is 373 g/mol. The number of thiocarbonyl (C=S) groups is 1. The zero-order chi connectivity index (χ0) is 18.3. The van der Waals surface area contributed by atoms with Crippen LogP contribution in [0.1, 0.15) is 25.8 Å². The van der Waals surface area contributed by atoms with Crippen molar-refractivity contribution in [3.8, 4) is 5.75 Å². The van der Waals surface area contributed by atoms with Crippen LogP contribution in [0.25, 0.3) is 0 Å². The minimum atomic E-state index is -2.38. The van der Waals surface area contributed by atoms with E-state index in [4.69, 9.17) is 17.0 Å². The molecule has 24 heavy (non-hydrogen) atoms. The molecule has 9 heteroatoms. The normalized spacial score (nSPS) is 14.6. The van der Waals surface area contributed by atoms with E-state index < -0.39 is 16.8 Å². The van der Waals surface area contributed by atoms with Gasteiger partial charge < -0.3 is 15.4 Å². The molecule has 0 aliphatic rings. The summed E-state index contributed by atoms with van der Waals surface area (Å²) in [6.45, 7) is 3.67. The van der Waals surface area contributed by atoms with Gasteiger partial charge in [-0.3, -0.25) is 9.35 Å². The second-order valence-electron chi connectivity index (χ2n) is 5.46. The van der Waals surface area contributed by atoms with Crippen molar-refractivity contribution in [2.75, 3.05) is 14.2 Å². The SMILES string of the molecule is CNC(=S)C(CC(=O)NC(C)C)(NS(=O)O)c1ccc(OC)cc1.